The molecule has 0 saturated carbocycles. The quantitative estimate of drug-likeness (QED) is 0.556. The third kappa shape index (κ3) is 4.40. The predicted molar refractivity (Wildman–Crippen MR) is 71.2 cm³/mol. The summed E-state index contributed by atoms with van der Waals surface area (Å²) in [5, 5.41) is 0.581. The Morgan fingerprint density at radius 3 is 2.12 bits per heavy atom. The van der Waals surface area contributed by atoms with Crippen molar-refractivity contribution in [2.24, 2.45) is 5.92 Å². The zero-order chi connectivity index (χ0) is 12.1. The van der Waals surface area contributed by atoms with E-state index >= 15 is 0 Å². The highest BCUT2D eigenvalue weighted by Gasteiger charge is 2.08. The summed E-state index contributed by atoms with van der Waals surface area (Å²) in [6, 6.07) is 7.96. The van der Waals surface area contributed by atoms with E-state index in [0.717, 1.165) is 5.56 Å². The van der Waals surface area contributed by atoms with E-state index in [4.69, 9.17) is 0 Å². The minimum absolute atomic E-state index is 0.246. The molecule has 1 nitrogen and oxygen atoms in total. The van der Waals surface area contributed by atoms with Crippen molar-refractivity contribution in [3.8, 4) is 0 Å². The van der Waals surface area contributed by atoms with Gasteiger partial charge < -0.3 is 0 Å². The van der Waals surface area contributed by atoms with Crippen LogP contribution in [0.2, 0.25) is 0 Å². The lowest BCUT2D eigenvalue weighted by atomic mass is 10.0. The van der Waals surface area contributed by atoms with Crippen LogP contribution in [0.4, 0.5) is 0 Å². The summed E-state index contributed by atoms with van der Waals surface area (Å²) in [4.78, 5) is 13.0. The van der Waals surface area contributed by atoms with Gasteiger partial charge in [0.2, 0.25) is 0 Å². The molecule has 0 bridgehead atoms. The fourth-order valence-electron chi connectivity index (χ4n) is 1.48. The van der Waals surface area contributed by atoms with Crippen molar-refractivity contribution in [2.45, 2.75) is 44.3 Å². The van der Waals surface area contributed by atoms with Crippen molar-refractivity contribution in [1.82, 2.24) is 0 Å². The van der Waals surface area contributed by atoms with Gasteiger partial charge in [-0.3, -0.25) is 4.79 Å². The smallest absolute Gasteiger partial charge is 0.163 e. The summed E-state index contributed by atoms with van der Waals surface area (Å²) >= 11 is 1.82. The zero-order valence-electron chi connectivity index (χ0n) is 10.5. The van der Waals surface area contributed by atoms with Gasteiger partial charge in [0.05, 0.1) is 0 Å². The van der Waals surface area contributed by atoms with Gasteiger partial charge in [0.25, 0.3) is 0 Å². The molecule has 1 aromatic rings. The summed E-state index contributed by atoms with van der Waals surface area (Å²) in [7, 11) is 0. The highest BCUT2D eigenvalue weighted by atomic mass is 32.2. The van der Waals surface area contributed by atoms with Crippen molar-refractivity contribution in [3.63, 3.8) is 0 Å². The van der Waals surface area contributed by atoms with Gasteiger partial charge in [0.1, 0.15) is 0 Å². The standard InChI is InChI=1S/C14H20OS/c1-10(2)9-14(15)12-5-7-13(8-6-12)16-11(3)4/h5-8,10-11H,9H2,1-4H3. The van der Waals surface area contributed by atoms with Gasteiger partial charge in [-0.15, -0.1) is 11.8 Å². The van der Waals surface area contributed by atoms with E-state index in [1.807, 2.05) is 36.0 Å². The van der Waals surface area contributed by atoms with Crippen LogP contribution in [-0.4, -0.2) is 11.0 Å². The van der Waals surface area contributed by atoms with Gasteiger partial charge >= 0.3 is 0 Å². The maximum Gasteiger partial charge on any atom is 0.163 e. The number of Topliss-reactive ketones (excluding diaryl/α,β-unsaturated/α-hetero) is 1. The third-order valence-electron chi connectivity index (χ3n) is 2.14. The molecule has 0 amide bonds. The molecule has 0 saturated heterocycles. The first-order valence-corrected chi connectivity index (χ1v) is 6.67. The third-order valence-corrected chi connectivity index (χ3v) is 3.16. The second-order valence-electron chi connectivity index (χ2n) is 4.71. The zero-order valence-corrected chi connectivity index (χ0v) is 11.3. The highest BCUT2D eigenvalue weighted by molar-refractivity contribution is 7.99. The molecule has 1 aromatic carbocycles. The van der Waals surface area contributed by atoms with Gasteiger partial charge in [0.15, 0.2) is 5.78 Å². The minimum Gasteiger partial charge on any atom is -0.294 e. The number of benzene rings is 1. The van der Waals surface area contributed by atoms with Crippen LogP contribution in [0.5, 0.6) is 0 Å². The largest absolute Gasteiger partial charge is 0.294 e. The Labute approximate surface area is 103 Å². The van der Waals surface area contributed by atoms with E-state index < -0.39 is 0 Å². The summed E-state index contributed by atoms with van der Waals surface area (Å²) in [5.74, 6) is 0.674. The predicted octanol–water partition coefficient (Wildman–Crippen LogP) is 4.42. The molecule has 16 heavy (non-hydrogen) atoms. The molecule has 0 spiro atoms. The number of rotatable bonds is 5. The van der Waals surface area contributed by atoms with E-state index in [2.05, 4.69) is 27.7 Å². The van der Waals surface area contributed by atoms with Crippen molar-refractivity contribution < 1.29 is 4.79 Å². The maximum atomic E-state index is 11.8. The molecule has 0 radical (unpaired) electrons. The van der Waals surface area contributed by atoms with Gasteiger partial charge in [-0.05, 0) is 18.1 Å². The Hall–Kier alpha value is -0.760. The Bertz CT molecular complexity index is 338. The van der Waals surface area contributed by atoms with Gasteiger partial charge in [-0.25, -0.2) is 0 Å². The lowest BCUT2D eigenvalue weighted by Crippen LogP contribution is -2.03. The van der Waals surface area contributed by atoms with E-state index in [1.54, 1.807) is 0 Å². The van der Waals surface area contributed by atoms with Crippen LogP contribution in [-0.2, 0) is 0 Å². The molecule has 2 heteroatoms. The molecule has 88 valence electrons. The molecule has 0 aliphatic rings. The van der Waals surface area contributed by atoms with Crippen molar-refractivity contribution in [3.05, 3.63) is 29.8 Å². The average molecular weight is 236 g/mol. The monoisotopic (exact) mass is 236 g/mol. The van der Waals surface area contributed by atoms with Crippen LogP contribution in [0.15, 0.2) is 29.2 Å². The Morgan fingerprint density at radius 2 is 1.69 bits per heavy atom. The molecule has 0 N–H and O–H groups in total. The van der Waals surface area contributed by atoms with Crippen LogP contribution in [0, 0.1) is 5.92 Å². The van der Waals surface area contributed by atoms with Crippen LogP contribution in [0.1, 0.15) is 44.5 Å². The van der Waals surface area contributed by atoms with E-state index in [9.17, 15) is 4.79 Å². The van der Waals surface area contributed by atoms with Crippen LogP contribution < -0.4 is 0 Å². The lowest BCUT2D eigenvalue weighted by Gasteiger charge is -2.07. The van der Waals surface area contributed by atoms with E-state index in [-0.39, 0.29) is 5.78 Å². The Balaban J connectivity index is 2.67. The second kappa shape index (κ2) is 6.09. The van der Waals surface area contributed by atoms with E-state index in [1.165, 1.54) is 4.90 Å². The first kappa shape index (κ1) is 13.3. The number of carbonyl (C=O) groups excluding carboxylic acids is 1. The number of hydrogen-bond donors (Lipinski definition) is 0. The molecule has 0 atom stereocenters. The summed E-state index contributed by atoms with van der Waals surface area (Å²) in [6.45, 7) is 8.48. The molecule has 0 aromatic heterocycles. The topological polar surface area (TPSA) is 17.1 Å². The fourth-order valence-corrected chi connectivity index (χ4v) is 2.32. The fraction of sp³-hybridized carbons (Fsp3) is 0.500. The highest BCUT2D eigenvalue weighted by Crippen LogP contribution is 2.23. The normalized spacial score (nSPS) is 11.1. The molecule has 0 unspecified atom stereocenters. The average Bonchev–Trinajstić information content (AvgIpc) is 2.16. The second-order valence-corrected chi connectivity index (χ2v) is 6.36. The summed E-state index contributed by atoms with van der Waals surface area (Å²) in [5.41, 5.74) is 0.835. The van der Waals surface area contributed by atoms with Crippen LogP contribution >= 0.6 is 11.8 Å². The van der Waals surface area contributed by atoms with Gasteiger partial charge in [-0.2, -0.15) is 0 Å². The number of carbonyl (C=O) groups is 1. The molecule has 0 heterocycles. The molecular formula is C14H20OS. The Kier molecular flexibility index (Phi) is 5.07. The first-order valence-electron chi connectivity index (χ1n) is 5.79. The maximum absolute atomic E-state index is 11.8. The summed E-state index contributed by atoms with van der Waals surface area (Å²) in [6.07, 6.45) is 0.636. The Morgan fingerprint density at radius 1 is 1.12 bits per heavy atom. The van der Waals surface area contributed by atoms with Gasteiger partial charge in [-0.1, -0.05) is 39.8 Å². The lowest BCUT2D eigenvalue weighted by molar-refractivity contribution is 0.0968. The molecule has 0 aliphatic carbocycles. The van der Waals surface area contributed by atoms with Crippen molar-refractivity contribution in [1.29, 1.82) is 0 Å². The van der Waals surface area contributed by atoms with Crippen molar-refractivity contribution in [2.75, 3.05) is 0 Å². The van der Waals surface area contributed by atoms with E-state index in [0.29, 0.717) is 17.6 Å². The minimum atomic E-state index is 0.246. The molecule has 1 rings (SSSR count). The summed E-state index contributed by atoms with van der Waals surface area (Å²) < 4.78 is 0. The SMILES string of the molecule is CC(C)CC(=O)c1ccc(SC(C)C)cc1. The van der Waals surface area contributed by atoms with Crippen LogP contribution in [0.3, 0.4) is 0 Å². The number of hydrogen-bond acceptors (Lipinski definition) is 2. The number of thioether (sulfide) groups is 1. The number of ketones is 1. The molecule has 0 fully saturated rings. The van der Waals surface area contributed by atoms with Crippen molar-refractivity contribution >= 4 is 17.5 Å². The molecular weight excluding hydrogens is 216 g/mol. The van der Waals surface area contributed by atoms with Gasteiger partial charge in [0, 0.05) is 22.1 Å². The van der Waals surface area contributed by atoms with Crippen LogP contribution in [0.25, 0.3) is 0 Å². The molecule has 0 aliphatic heterocycles. The first-order chi connectivity index (χ1) is 7.49.